The Morgan fingerprint density at radius 3 is 1.18 bits per heavy atom. The molecular formula is C10H8Cl4N2Ru. The summed E-state index contributed by atoms with van der Waals surface area (Å²) in [6.45, 7) is 0. The van der Waals surface area contributed by atoms with Crippen LogP contribution in [0.15, 0.2) is 48.8 Å². The summed E-state index contributed by atoms with van der Waals surface area (Å²) >= 11 is 0. The second-order valence-corrected chi connectivity index (χ2v) is 2.43. The molecule has 0 aliphatic rings. The van der Waals surface area contributed by atoms with E-state index < -0.39 is 0 Å². The minimum atomic E-state index is 0. The summed E-state index contributed by atoms with van der Waals surface area (Å²) in [5, 5.41) is 0. The van der Waals surface area contributed by atoms with Crippen molar-refractivity contribution >= 4 is 0 Å². The Morgan fingerprint density at radius 1 is 0.588 bits per heavy atom. The molecule has 2 aromatic rings. The molecule has 0 saturated heterocycles. The maximum absolute atomic E-state index is 4.19. The van der Waals surface area contributed by atoms with Gasteiger partial charge in [-0.15, -0.1) is 0 Å². The van der Waals surface area contributed by atoms with Crippen LogP contribution in [0.25, 0.3) is 11.4 Å². The van der Waals surface area contributed by atoms with Crippen molar-refractivity contribution in [3.63, 3.8) is 0 Å². The van der Waals surface area contributed by atoms with Crippen molar-refractivity contribution in [3.8, 4) is 11.4 Å². The van der Waals surface area contributed by atoms with Gasteiger partial charge in [0.05, 0.1) is 11.4 Å². The molecule has 2 nitrogen and oxygen atoms in total. The summed E-state index contributed by atoms with van der Waals surface area (Å²) in [4.78, 5) is 8.37. The van der Waals surface area contributed by atoms with Gasteiger partial charge in [-0.25, -0.2) is 0 Å². The molecule has 0 aromatic carbocycles. The van der Waals surface area contributed by atoms with Gasteiger partial charge in [0, 0.05) is 12.4 Å². The number of aromatic nitrogens is 2. The number of pyridine rings is 2. The van der Waals surface area contributed by atoms with Crippen molar-refractivity contribution in [2.24, 2.45) is 0 Å². The van der Waals surface area contributed by atoms with Crippen LogP contribution < -0.4 is 49.6 Å². The molecule has 0 saturated carbocycles. The normalized spacial score (nSPS) is 6.82. The van der Waals surface area contributed by atoms with Gasteiger partial charge in [0.15, 0.2) is 0 Å². The van der Waals surface area contributed by atoms with Crippen LogP contribution in [0, 0.1) is 0 Å². The van der Waals surface area contributed by atoms with Gasteiger partial charge >= 0.3 is 19.5 Å². The van der Waals surface area contributed by atoms with Crippen LogP contribution in [0.3, 0.4) is 0 Å². The molecule has 2 aromatic heterocycles. The quantitative estimate of drug-likeness (QED) is 0.446. The van der Waals surface area contributed by atoms with Gasteiger partial charge in [-0.2, -0.15) is 0 Å². The predicted molar refractivity (Wildman–Crippen MR) is 47.5 cm³/mol. The largest absolute Gasteiger partial charge is 4.00 e. The maximum Gasteiger partial charge on any atom is 4.00 e. The third-order valence-corrected chi connectivity index (χ3v) is 1.59. The first-order valence-corrected chi connectivity index (χ1v) is 3.79. The Kier molecular flexibility index (Phi) is 21.5. The Morgan fingerprint density at radius 2 is 0.941 bits per heavy atom. The van der Waals surface area contributed by atoms with E-state index in [-0.39, 0.29) is 69.1 Å². The van der Waals surface area contributed by atoms with Crippen molar-refractivity contribution in [1.29, 1.82) is 0 Å². The summed E-state index contributed by atoms with van der Waals surface area (Å²) in [6, 6.07) is 11.6. The van der Waals surface area contributed by atoms with Crippen LogP contribution in [0.4, 0.5) is 0 Å². The SMILES string of the molecule is [Cl-].[Cl-].[Cl-].[Cl-].[Ru+4].c1ccc(-c2ccccn2)nc1. The van der Waals surface area contributed by atoms with E-state index in [0.717, 1.165) is 11.4 Å². The second-order valence-electron chi connectivity index (χ2n) is 2.43. The number of rotatable bonds is 1. The first-order valence-electron chi connectivity index (χ1n) is 3.79. The molecule has 94 valence electrons. The van der Waals surface area contributed by atoms with Crippen LogP contribution in [0.1, 0.15) is 0 Å². The van der Waals surface area contributed by atoms with Gasteiger partial charge in [0.1, 0.15) is 0 Å². The monoisotopic (exact) mass is 398 g/mol. The fourth-order valence-corrected chi connectivity index (χ4v) is 1.03. The minimum absolute atomic E-state index is 0. The average molecular weight is 399 g/mol. The van der Waals surface area contributed by atoms with Gasteiger partial charge < -0.3 is 49.6 Å². The van der Waals surface area contributed by atoms with Crippen molar-refractivity contribution < 1.29 is 69.1 Å². The second kappa shape index (κ2) is 14.1. The fraction of sp³-hybridized carbons (Fsp3) is 0. The van der Waals surface area contributed by atoms with Crippen LogP contribution in [0.2, 0.25) is 0 Å². The Labute approximate surface area is 138 Å². The summed E-state index contributed by atoms with van der Waals surface area (Å²) in [7, 11) is 0. The Hall–Kier alpha value is 0.0834. The molecule has 2 rings (SSSR count). The van der Waals surface area contributed by atoms with E-state index >= 15 is 0 Å². The molecule has 0 spiro atoms. The minimum Gasteiger partial charge on any atom is -1.00 e. The summed E-state index contributed by atoms with van der Waals surface area (Å²) < 4.78 is 0. The topological polar surface area (TPSA) is 25.8 Å². The number of hydrogen-bond donors (Lipinski definition) is 0. The van der Waals surface area contributed by atoms with Gasteiger partial charge in [-0.1, -0.05) is 12.1 Å². The van der Waals surface area contributed by atoms with Crippen molar-refractivity contribution in [2.75, 3.05) is 0 Å². The van der Waals surface area contributed by atoms with Crippen LogP contribution in [-0.4, -0.2) is 9.97 Å². The molecular weight excluding hydrogens is 391 g/mol. The zero-order chi connectivity index (χ0) is 8.23. The van der Waals surface area contributed by atoms with Crippen LogP contribution in [-0.2, 0) is 19.5 Å². The molecule has 0 atom stereocenters. The van der Waals surface area contributed by atoms with Gasteiger partial charge in [0.25, 0.3) is 0 Å². The Balaban J connectivity index is -0.000000169. The average Bonchev–Trinajstić information content (AvgIpc) is 2.21. The van der Waals surface area contributed by atoms with E-state index in [4.69, 9.17) is 0 Å². The van der Waals surface area contributed by atoms with Gasteiger partial charge in [-0.05, 0) is 24.3 Å². The maximum atomic E-state index is 4.19. The molecule has 0 unspecified atom stereocenters. The van der Waals surface area contributed by atoms with E-state index in [9.17, 15) is 0 Å². The first kappa shape index (κ1) is 25.8. The molecule has 0 fully saturated rings. The summed E-state index contributed by atoms with van der Waals surface area (Å²) in [5.74, 6) is 0. The van der Waals surface area contributed by atoms with Gasteiger partial charge in [0.2, 0.25) is 0 Å². The van der Waals surface area contributed by atoms with E-state index in [1.165, 1.54) is 0 Å². The molecule has 0 bridgehead atoms. The van der Waals surface area contributed by atoms with E-state index in [0.29, 0.717) is 0 Å². The molecule has 0 aliphatic carbocycles. The molecule has 0 amide bonds. The fourth-order valence-electron chi connectivity index (χ4n) is 1.03. The first-order chi connectivity index (χ1) is 5.97. The smallest absolute Gasteiger partial charge is 1.00 e. The van der Waals surface area contributed by atoms with Crippen molar-refractivity contribution in [1.82, 2.24) is 9.97 Å². The van der Waals surface area contributed by atoms with E-state index in [1.54, 1.807) is 12.4 Å². The molecule has 0 radical (unpaired) electrons. The predicted octanol–water partition coefficient (Wildman–Crippen LogP) is -9.84. The van der Waals surface area contributed by atoms with E-state index in [2.05, 4.69) is 9.97 Å². The molecule has 2 heterocycles. The molecule has 7 heteroatoms. The van der Waals surface area contributed by atoms with Crippen molar-refractivity contribution in [2.45, 2.75) is 0 Å². The number of halogens is 4. The summed E-state index contributed by atoms with van der Waals surface area (Å²) in [5.41, 5.74) is 1.83. The Bertz CT molecular complexity index is 324. The number of nitrogens with zero attached hydrogens (tertiary/aromatic N) is 2. The van der Waals surface area contributed by atoms with Crippen molar-refractivity contribution in [3.05, 3.63) is 48.8 Å². The van der Waals surface area contributed by atoms with Crippen LogP contribution in [0.5, 0.6) is 0 Å². The molecule has 0 N–H and O–H groups in total. The zero-order valence-corrected chi connectivity index (χ0v) is 13.1. The number of hydrogen-bond acceptors (Lipinski definition) is 2. The molecule has 0 aliphatic heterocycles. The third kappa shape index (κ3) is 7.91. The zero-order valence-electron chi connectivity index (χ0n) is 8.38. The van der Waals surface area contributed by atoms with Crippen LogP contribution >= 0.6 is 0 Å². The standard InChI is InChI=1S/C10H8N2.4ClH.Ru/c1-3-7-11-9(5-1)10-6-2-4-8-12-10;;;;;/h1-8H;4*1H;/q;;;;;+4/p-4. The molecule has 17 heavy (non-hydrogen) atoms. The third-order valence-electron chi connectivity index (χ3n) is 1.59. The van der Waals surface area contributed by atoms with Gasteiger partial charge in [-0.3, -0.25) is 9.97 Å². The summed E-state index contributed by atoms with van der Waals surface area (Å²) in [6.07, 6.45) is 3.54. The van der Waals surface area contributed by atoms with E-state index in [1.807, 2.05) is 36.4 Å².